The van der Waals surface area contributed by atoms with Gasteiger partial charge in [-0.3, -0.25) is 4.79 Å². The Labute approximate surface area is 122 Å². The number of anilines is 2. The van der Waals surface area contributed by atoms with E-state index in [1.54, 1.807) is 0 Å². The van der Waals surface area contributed by atoms with Gasteiger partial charge in [0.05, 0.1) is 0 Å². The first kappa shape index (κ1) is 14.9. The molecule has 1 aromatic rings. The van der Waals surface area contributed by atoms with E-state index in [0.29, 0.717) is 6.04 Å². The molecule has 0 heterocycles. The van der Waals surface area contributed by atoms with Crippen LogP contribution in [0.1, 0.15) is 46.5 Å². The Kier molecular flexibility index (Phi) is 5.05. The Morgan fingerprint density at radius 1 is 1.20 bits per heavy atom. The van der Waals surface area contributed by atoms with E-state index in [1.165, 1.54) is 6.42 Å². The van der Waals surface area contributed by atoms with Crippen LogP contribution in [0, 0.1) is 11.8 Å². The molecular formula is C17H26N2O. The van der Waals surface area contributed by atoms with Crippen molar-refractivity contribution in [2.24, 2.45) is 11.8 Å². The molecule has 0 saturated heterocycles. The van der Waals surface area contributed by atoms with Gasteiger partial charge in [-0.1, -0.05) is 19.9 Å². The lowest BCUT2D eigenvalue weighted by atomic mass is 10.0. The van der Waals surface area contributed by atoms with Crippen molar-refractivity contribution < 1.29 is 4.79 Å². The van der Waals surface area contributed by atoms with Gasteiger partial charge in [0.2, 0.25) is 5.91 Å². The van der Waals surface area contributed by atoms with E-state index >= 15 is 0 Å². The van der Waals surface area contributed by atoms with Gasteiger partial charge in [-0.25, -0.2) is 0 Å². The van der Waals surface area contributed by atoms with Crippen LogP contribution in [0.25, 0.3) is 0 Å². The van der Waals surface area contributed by atoms with Crippen molar-refractivity contribution in [2.45, 2.75) is 52.5 Å². The summed E-state index contributed by atoms with van der Waals surface area (Å²) < 4.78 is 0. The molecule has 2 rings (SSSR count). The highest BCUT2D eigenvalue weighted by molar-refractivity contribution is 5.94. The maximum atomic E-state index is 11.8. The second-order valence-corrected chi connectivity index (χ2v) is 6.36. The highest BCUT2D eigenvalue weighted by atomic mass is 16.2. The monoisotopic (exact) mass is 274 g/mol. The number of hydrogen-bond donors (Lipinski definition) is 2. The second-order valence-electron chi connectivity index (χ2n) is 6.36. The lowest BCUT2D eigenvalue weighted by Gasteiger charge is -2.17. The fraction of sp³-hybridized carbons (Fsp3) is 0.588. The van der Waals surface area contributed by atoms with Crippen LogP contribution in [-0.2, 0) is 4.79 Å². The Bertz CT molecular complexity index is 452. The van der Waals surface area contributed by atoms with Gasteiger partial charge in [-0.05, 0) is 56.7 Å². The number of benzene rings is 1. The number of nitrogens with one attached hydrogen (secondary N) is 2. The Morgan fingerprint density at radius 3 is 2.55 bits per heavy atom. The summed E-state index contributed by atoms with van der Waals surface area (Å²) in [4.78, 5) is 11.8. The fourth-order valence-electron chi connectivity index (χ4n) is 2.22. The molecule has 0 aliphatic heterocycles. The van der Waals surface area contributed by atoms with Crippen molar-refractivity contribution in [3.05, 3.63) is 24.3 Å². The van der Waals surface area contributed by atoms with Gasteiger partial charge in [0.15, 0.2) is 0 Å². The third-order valence-corrected chi connectivity index (χ3v) is 3.67. The molecule has 0 bridgehead atoms. The topological polar surface area (TPSA) is 41.1 Å². The highest BCUT2D eigenvalue weighted by Gasteiger charge is 2.29. The molecule has 1 unspecified atom stereocenters. The lowest BCUT2D eigenvalue weighted by Crippen LogP contribution is -2.16. The number of carbonyl (C=O) groups is 1. The van der Waals surface area contributed by atoms with Crippen LogP contribution in [-0.4, -0.2) is 11.9 Å². The van der Waals surface area contributed by atoms with E-state index in [4.69, 9.17) is 0 Å². The van der Waals surface area contributed by atoms with Gasteiger partial charge in [0.1, 0.15) is 0 Å². The molecule has 1 amide bonds. The van der Waals surface area contributed by atoms with Crippen LogP contribution in [0.5, 0.6) is 0 Å². The number of rotatable bonds is 7. The quantitative estimate of drug-likeness (QED) is 0.779. The van der Waals surface area contributed by atoms with Gasteiger partial charge in [-0.2, -0.15) is 0 Å². The SMILES string of the molecule is CC(C)CCC(C)Nc1cccc(NC(=O)C2CC2)c1. The third kappa shape index (κ3) is 4.87. The van der Waals surface area contributed by atoms with Crippen LogP contribution in [0.15, 0.2) is 24.3 Å². The summed E-state index contributed by atoms with van der Waals surface area (Å²) >= 11 is 0. The summed E-state index contributed by atoms with van der Waals surface area (Å²) in [5.41, 5.74) is 1.97. The standard InChI is InChI=1S/C17H26N2O/c1-12(2)7-8-13(3)18-15-5-4-6-16(11-15)19-17(20)14-9-10-14/h4-6,11-14,18H,7-10H2,1-3H3,(H,19,20). The molecule has 0 aromatic heterocycles. The average Bonchev–Trinajstić information content (AvgIpc) is 3.21. The van der Waals surface area contributed by atoms with Crippen molar-refractivity contribution in [1.82, 2.24) is 0 Å². The number of amides is 1. The van der Waals surface area contributed by atoms with E-state index in [9.17, 15) is 4.79 Å². The van der Waals surface area contributed by atoms with E-state index in [1.807, 2.05) is 18.2 Å². The zero-order valence-corrected chi connectivity index (χ0v) is 12.8. The highest BCUT2D eigenvalue weighted by Crippen LogP contribution is 2.30. The normalized spacial score (nSPS) is 16.0. The molecular weight excluding hydrogens is 248 g/mol. The minimum Gasteiger partial charge on any atom is -0.383 e. The molecule has 2 N–H and O–H groups in total. The predicted octanol–water partition coefficient (Wildman–Crippen LogP) is 4.27. The average molecular weight is 274 g/mol. The molecule has 110 valence electrons. The van der Waals surface area contributed by atoms with Crippen molar-refractivity contribution >= 4 is 17.3 Å². The molecule has 1 fully saturated rings. The van der Waals surface area contributed by atoms with Gasteiger partial charge < -0.3 is 10.6 Å². The molecule has 1 aromatic carbocycles. The summed E-state index contributed by atoms with van der Waals surface area (Å²) in [6.45, 7) is 6.71. The zero-order chi connectivity index (χ0) is 14.5. The Balaban J connectivity index is 1.86. The van der Waals surface area contributed by atoms with Crippen LogP contribution < -0.4 is 10.6 Å². The summed E-state index contributed by atoms with van der Waals surface area (Å²) in [5, 5.41) is 6.49. The second kappa shape index (κ2) is 6.78. The minimum absolute atomic E-state index is 0.162. The number of hydrogen-bond acceptors (Lipinski definition) is 2. The predicted molar refractivity (Wildman–Crippen MR) is 85.0 cm³/mol. The molecule has 0 radical (unpaired) electrons. The van der Waals surface area contributed by atoms with Gasteiger partial charge >= 0.3 is 0 Å². The zero-order valence-electron chi connectivity index (χ0n) is 12.8. The van der Waals surface area contributed by atoms with E-state index in [-0.39, 0.29) is 11.8 Å². The smallest absolute Gasteiger partial charge is 0.227 e. The molecule has 0 spiro atoms. The Hall–Kier alpha value is -1.51. The van der Waals surface area contributed by atoms with Gasteiger partial charge in [-0.15, -0.1) is 0 Å². The maximum absolute atomic E-state index is 11.8. The van der Waals surface area contributed by atoms with Crippen molar-refractivity contribution in [1.29, 1.82) is 0 Å². The van der Waals surface area contributed by atoms with Crippen LogP contribution in [0.2, 0.25) is 0 Å². The molecule has 3 nitrogen and oxygen atoms in total. The molecule has 1 aliphatic rings. The summed E-state index contributed by atoms with van der Waals surface area (Å²) in [6.07, 6.45) is 4.47. The first-order valence-electron chi connectivity index (χ1n) is 7.72. The molecule has 1 atom stereocenters. The first-order valence-corrected chi connectivity index (χ1v) is 7.72. The maximum Gasteiger partial charge on any atom is 0.227 e. The summed E-state index contributed by atoms with van der Waals surface area (Å²) in [6, 6.07) is 8.46. The van der Waals surface area contributed by atoms with Crippen molar-refractivity contribution in [3.8, 4) is 0 Å². The fourth-order valence-corrected chi connectivity index (χ4v) is 2.22. The van der Waals surface area contributed by atoms with Crippen LogP contribution in [0.4, 0.5) is 11.4 Å². The largest absolute Gasteiger partial charge is 0.383 e. The van der Waals surface area contributed by atoms with Crippen LogP contribution >= 0.6 is 0 Å². The van der Waals surface area contributed by atoms with Gasteiger partial charge in [0, 0.05) is 23.3 Å². The van der Waals surface area contributed by atoms with E-state index in [2.05, 4.69) is 37.5 Å². The minimum atomic E-state index is 0.162. The molecule has 3 heteroatoms. The molecule has 1 saturated carbocycles. The lowest BCUT2D eigenvalue weighted by molar-refractivity contribution is -0.117. The third-order valence-electron chi connectivity index (χ3n) is 3.67. The molecule has 20 heavy (non-hydrogen) atoms. The number of carbonyl (C=O) groups excluding carboxylic acids is 1. The van der Waals surface area contributed by atoms with E-state index < -0.39 is 0 Å². The van der Waals surface area contributed by atoms with Crippen molar-refractivity contribution in [2.75, 3.05) is 10.6 Å². The first-order chi connectivity index (χ1) is 9.54. The van der Waals surface area contributed by atoms with Gasteiger partial charge in [0.25, 0.3) is 0 Å². The van der Waals surface area contributed by atoms with Crippen LogP contribution in [0.3, 0.4) is 0 Å². The van der Waals surface area contributed by atoms with E-state index in [0.717, 1.165) is 36.6 Å². The summed E-state index contributed by atoms with van der Waals surface area (Å²) in [7, 11) is 0. The Morgan fingerprint density at radius 2 is 1.90 bits per heavy atom. The summed E-state index contributed by atoms with van der Waals surface area (Å²) in [5.74, 6) is 1.15. The molecule has 1 aliphatic carbocycles. The van der Waals surface area contributed by atoms with Crippen molar-refractivity contribution in [3.63, 3.8) is 0 Å².